The molecular weight excluding hydrogens is 186 g/mol. The van der Waals surface area contributed by atoms with Crippen LogP contribution < -0.4 is 0 Å². The van der Waals surface area contributed by atoms with E-state index in [9.17, 15) is 5.11 Å². The first-order chi connectivity index (χ1) is 6.69. The van der Waals surface area contributed by atoms with Crippen LogP contribution in [-0.4, -0.2) is 37.3 Å². The monoisotopic (exact) mass is 201 g/mol. The molecule has 0 aromatic rings. The van der Waals surface area contributed by atoms with Crippen molar-refractivity contribution in [2.75, 3.05) is 13.7 Å². The van der Waals surface area contributed by atoms with Gasteiger partial charge >= 0.3 is 0 Å². The summed E-state index contributed by atoms with van der Waals surface area (Å²) < 4.78 is 10.5. The number of hydrogen-bond donors (Lipinski definition) is 1. The summed E-state index contributed by atoms with van der Waals surface area (Å²) in [4.78, 5) is 2.63. The van der Waals surface area contributed by atoms with Crippen molar-refractivity contribution in [2.24, 2.45) is 11.0 Å². The van der Waals surface area contributed by atoms with Gasteiger partial charge in [0.15, 0.2) is 6.29 Å². The summed E-state index contributed by atoms with van der Waals surface area (Å²) in [6, 6.07) is 0. The summed E-state index contributed by atoms with van der Waals surface area (Å²) in [5.41, 5.74) is 8.15. The van der Waals surface area contributed by atoms with Crippen molar-refractivity contribution in [3.8, 4) is 0 Å². The minimum absolute atomic E-state index is 0.143. The zero-order valence-electron chi connectivity index (χ0n) is 8.33. The quantitative estimate of drug-likeness (QED) is 0.420. The average molecular weight is 201 g/mol. The van der Waals surface area contributed by atoms with Gasteiger partial charge in [0, 0.05) is 17.9 Å². The summed E-state index contributed by atoms with van der Waals surface area (Å²) in [6.07, 6.45) is -0.754. The van der Waals surface area contributed by atoms with E-state index < -0.39 is 12.2 Å². The molecule has 0 aromatic heterocycles. The Balaban J connectivity index is 2.54. The molecule has 6 heteroatoms. The zero-order chi connectivity index (χ0) is 10.6. The number of azide groups is 1. The Hall–Kier alpha value is -0.810. The molecule has 1 fully saturated rings. The molecule has 1 rings (SSSR count). The molecule has 0 radical (unpaired) electrons. The maximum absolute atomic E-state index is 9.62. The molecule has 0 aliphatic carbocycles. The van der Waals surface area contributed by atoms with E-state index in [1.54, 1.807) is 7.11 Å². The molecule has 0 spiro atoms. The Bertz CT molecular complexity index is 230. The Kier molecular flexibility index (Phi) is 4.16. The van der Waals surface area contributed by atoms with Gasteiger partial charge in [0.1, 0.15) is 0 Å². The fourth-order valence-electron chi connectivity index (χ4n) is 1.61. The van der Waals surface area contributed by atoms with E-state index in [4.69, 9.17) is 15.0 Å². The second-order valence-electron chi connectivity index (χ2n) is 3.47. The van der Waals surface area contributed by atoms with Crippen molar-refractivity contribution in [3.05, 3.63) is 10.4 Å². The van der Waals surface area contributed by atoms with Gasteiger partial charge in [-0.05, 0) is 12.0 Å². The maximum atomic E-state index is 9.62. The topological polar surface area (TPSA) is 87.5 Å². The van der Waals surface area contributed by atoms with Gasteiger partial charge < -0.3 is 14.6 Å². The van der Waals surface area contributed by atoms with Gasteiger partial charge in [0.2, 0.25) is 0 Å². The van der Waals surface area contributed by atoms with Crippen LogP contribution >= 0.6 is 0 Å². The highest BCUT2D eigenvalue weighted by atomic mass is 16.7. The summed E-state index contributed by atoms with van der Waals surface area (Å²) in [6.45, 7) is 2.09. The average Bonchev–Trinajstić information content (AvgIpc) is 2.17. The Morgan fingerprint density at radius 1 is 1.71 bits per heavy atom. The van der Waals surface area contributed by atoms with E-state index in [0.717, 1.165) is 0 Å². The van der Waals surface area contributed by atoms with Gasteiger partial charge in [0.05, 0.1) is 18.8 Å². The minimum Gasteiger partial charge on any atom is -0.390 e. The van der Waals surface area contributed by atoms with Crippen molar-refractivity contribution in [1.82, 2.24) is 0 Å². The lowest BCUT2D eigenvalue weighted by molar-refractivity contribution is -0.232. The zero-order valence-corrected chi connectivity index (χ0v) is 8.33. The molecule has 4 atom stereocenters. The van der Waals surface area contributed by atoms with E-state index in [-0.39, 0.29) is 18.8 Å². The van der Waals surface area contributed by atoms with E-state index in [2.05, 4.69) is 10.0 Å². The molecule has 1 N–H and O–H groups in total. The molecule has 6 nitrogen and oxygen atoms in total. The molecule has 0 saturated carbocycles. The first-order valence-corrected chi connectivity index (χ1v) is 4.56. The first kappa shape index (κ1) is 11.3. The number of aliphatic hydroxyl groups is 1. The molecule has 1 heterocycles. The summed E-state index contributed by atoms with van der Waals surface area (Å²) in [5.74, 6) is 0.150. The van der Waals surface area contributed by atoms with Crippen LogP contribution in [-0.2, 0) is 9.47 Å². The van der Waals surface area contributed by atoms with E-state index in [0.29, 0.717) is 6.42 Å². The standard InChI is InChI=1S/C8H15N3O3/c1-5-3-6(12)7(4-10-11-9)14-8(5)13-2/h5-8,12H,3-4H2,1-2H3. The lowest BCUT2D eigenvalue weighted by Gasteiger charge is -2.36. The van der Waals surface area contributed by atoms with Gasteiger partial charge in [-0.15, -0.1) is 0 Å². The smallest absolute Gasteiger partial charge is 0.160 e. The van der Waals surface area contributed by atoms with Crippen LogP contribution in [0, 0.1) is 5.92 Å². The summed E-state index contributed by atoms with van der Waals surface area (Å²) in [7, 11) is 1.56. The van der Waals surface area contributed by atoms with Gasteiger partial charge in [0.25, 0.3) is 0 Å². The van der Waals surface area contributed by atoms with Crippen LogP contribution in [0.2, 0.25) is 0 Å². The van der Waals surface area contributed by atoms with Gasteiger partial charge in [-0.3, -0.25) is 0 Å². The van der Waals surface area contributed by atoms with Crippen molar-refractivity contribution in [1.29, 1.82) is 0 Å². The highest BCUT2D eigenvalue weighted by molar-refractivity contribution is 4.80. The van der Waals surface area contributed by atoms with Crippen LogP contribution in [0.25, 0.3) is 10.4 Å². The van der Waals surface area contributed by atoms with Crippen LogP contribution in [0.1, 0.15) is 13.3 Å². The largest absolute Gasteiger partial charge is 0.390 e. The van der Waals surface area contributed by atoms with E-state index >= 15 is 0 Å². The third-order valence-corrected chi connectivity index (χ3v) is 2.37. The molecular formula is C8H15N3O3. The molecule has 14 heavy (non-hydrogen) atoms. The number of nitrogens with zero attached hydrogens (tertiary/aromatic N) is 3. The molecule has 0 aromatic carbocycles. The van der Waals surface area contributed by atoms with E-state index in [1.165, 1.54) is 0 Å². The maximum Gasteiger partial charge on any atom is 0.160 e. The van der Waals surface area contributed by atoms with Crippen LogP contribution in [0.3, 0.4) is 0 Å². The lowest BCUT2D eigenvalue weighted by Crippen LogP contribution is -2.45. The molecule has 4 unspecified atom stereocenters. The highest BCUT2D eigenvalue weighted by Gasteiger charge is 2.34. The van der Waals surface area contributed by atoms with Crippen LogP contribution in [0.5, 0.6) is 0 Å². The summed E-state index contributed by atoms with van der Waals surface area (Å²) >= 11 is 0. The predicted molar refractivity (Wildman–Crippen MR) is 49.5 cm³/mol. The number of rotatable bonds is 3. The number of ether oxygens (including phenoxy) is 2. The van der Waals surface area contributed by atoms with Gasteiger partial charge in [-0.2, -0.15) is 0 Å². The van der Waals surface area contributed by atoms with Gasteiger partial charge in [-0.25, -0.2) is 0 Å². The number of methoxy groups -OCH3 is 1. The number of hydrogen-bond acceptors (Lipinski definition) is 4. The van der Waals surface area contributed by atoms with Crippen LogP contribution in [0.15, 0.2) is 5.11 Å². The molecule has 1 aliphatic rings. The second kappa shape index (κ2) is 5.17. The third kappa shape index (κ3) is 2.59. The molecule has 1 saturated heterocycles. The number of aliphatic hydroxyl groups excluding tert-OH is 1. The molecule has 80 valence electrons. The van der Waals surface area contributed by atoms with Crippen LogP contribution in [0.4, 0.5) is 0 Å². The Morgan fingerprint density at radius 2 is 2.43 bits per heavy atom. The highest BCUT2D eigenvalue weighted by Crippen LogP contribution is 2.25. The first-order valence-electron chi connectivity index (χ1n) is 4.56. The predicted octanol–water partition coefficient (Wildman–Crippen LogP) is 1.06. The van der Waals surface area contributed by atoms with Crippen molar-refractivity contribution < 1.29 is 14.6 Å². The second-order valence-corrected chi connectivity index (χ2v) is 3.47. The van der Waals surface area contributed by atoms with Crippen molar-refractivity contribution in [3.63, 3.8) is 0 Å². The SMILES string of the molecule is COC1OC(CN=[N+]=[N-])C(O)CC1C. The molecule has 0 bridgehead atoms. The normalized spacial score (nSPS) is 37.6. The molecule has 0 amide bonds. The fraction of sp³-hybridized carbons (Fsp3) is 1.00. The Morgan fingerprint density at radius 3 is 3.00 bits per heavy atom. The fourth-order valence-corrected chi connectivity index (χ4v) is 1.61. The van der Waals surface area contributed by atoms with E-state index in [1.807, 2.05) is 6.92 Å². The summed E-state index contributed by atoms with van der Waals surface area (Å²) in [5, 5.41) is 13.0. The third-order valence-electron chi connectivity index (χ3n) is 2.37. The van der Waals surface area contributed by atoms with Crippen molar-refractivity contribution >= 4 is 0 Å². The molecule has 1 aliphatic heterocycles. The lowest BCUT2D eigenvalue weighted by atomic mass is 9.96. The van der Waals surface area contributed by atoms with Crippen molar-refractivity contribution in [2.45, 2.75) is 31.8 Å². The Labute approximate surface area is 82.4 Å². The minimum atomic E-state index is -0.582. The van der Waals surface area contributed by atoms with Gasteiger partial charge in [-0.1, -0.05) is 12.0 Å².